The van der Waals surface area contributed by atoms with Gasteiger partial charge in [0, 0.05) is 12.6 Å². The van der Waals surface area contributed by atoms with E-state index in [2.05, 4.69) is 5.32 Å². The van der Waals surface area contributed by atoms with E-state index in [0.717, 1.165) is 25.7 Å². The third kappa shape index (κ3) is 4.67. The number of urea groups is 1. The lowest BCUT2D eigenvalue weighted by atomic mass is 9.94. The third-order valence-electron chi connectivity index (χ3n) is 3.83. The highest BCUT2D eigenvalue weighted by molar-refractivity contribution is 5.83. The second-order valence-corrected chi connectivity index (χ2v) is 5.72. The average molecular weight is 286 g/mol. The Labute approximate surface area is 120 Å². The number of carbonyl (C=O) groups excluding carboxylic acids is 1. The van der Waals surface area contributed by atoms with Crippen LogP contribution in [0.25, 0.3) is 0 Å². The van der Waals surface area contributed by atoms with E-state index in [0.29, 0.717) is 0 Å². The van der Waals surface area contributed by atoms with Gasteiger partial charge in [0.1, 0.15) is 6.04 Å². The van der Waals surface area contributed by atoms with Gasteiger partial charge in [-0.15, -0.1) is 0 Å². The van der Waals surface area contributed by atoms with E-state index in [-0.39, 0.29) is 31.1 Å². The minimum atomic E-state index is -1.03. The highest BCUT2D eigenvalue weighted by Crippen LogP contribution is 2.22. The molecule has 0 heterocycles. The van der Waals surface area contributed by atoms with Crippen LogP contribution in [0, 0.1) is 5.92 Å². The quantitative estimate of drug-likeness (QED) is 0.689. The maximum Gasteiger partial charge on any atom is 0.326 e. The summed E-state index contributed by atoms with van der Waals surface area (Å²) in [4.78, 5) is 25.0. The molecule has 1 atom stereocenters. The van der Waals surface area contributed by atoms with E-state index >= 15 is 0 Å². The number of aliphatic hydroxyl groups excluding tert-OH is 1. The van der Waals surface area contributed by atoms with E-state index in [1.54, 1.807) is 18.7 Å². The molecule has 0 aromatic rings. The number of carboxylic acids is 1. The molecule has 116 valence electrons. The first-order valence-electron chi connectivity index (χ1n) is 7.38. The van der Waals surface area contributed by atoms with Crippen molar-refractivity contribution in [2.75, 3.05) is 13.2 Å². The summed E-state index contributed by atoms with van der Waals surface area (Å²) in [6.45, 7) is 3.66. The molecule has 1 aliphatic carbocycles. The molecule has 0 aromatic carbocycles. The predicted octanol–water partition coefficient (Wildman–Crippen LogP) is 1.43. The van der Waals surface area contributed by atoms with Crippen LogP contribution in [0.1, 0.15) is 46.0 Å². The Kier molecular flexibility index (Phi) is 6.78. The summed E-state index contributed by atoms with van der Waals surface area (Å²) in [6, 6.07) is -1.17. The lowest BCUT2D eigenvalue weighted by molar-refractivity contribution is -0.140. The van der Waals surface area contributed by atoms with E-state index in [1.165, 1.54) is 6.42 Å². The molecular formula is C14H26N2O4. The van der Waals surface area contributed by atoms with Crippen LogP contribution < -0.4 is 5.32 Å². The van der Waals surface area contributed by atoms with Gasteiger partial charge < -0.3 is 20.4 Å². The molecule has 0 radical (unpaired) electrons. The number of rotatable bonds is 6. The van der Waals surface area contributed by atoms with Gasteiger partial charge in [0.2, 0.25) is 0 Å². The lowest BCUT2D eigenvalue weighted by Gasteiger charge is -2.35. The van der Waals surface area contributed by atoms with E-state index in [9.17, 15) is 9.59 Å². The number of nitrogens with zero attached hydrogens (tertiary/aromatic N) is 1. The van der Waals surface area contributed by atoms with E-state index in [1.807, 2.05) is 0 Å². The largest absolute Gasteiger partial charge is 0.480 e. The van der Waals surface area contributed by atoms with Gasteiger partial charge in [-0.2, -0.15) is 0 Å². The topological polar surface area (TPSA) is 89.9 Å². The van der Waals surface area contributed by atoms with Crippen LogP contribution in [0.3, 0.4) is 0 Å². The Hall–Kier alpha value is -1.30. The van der Waals surface area contributed by atoms with Crippen LogP contribution in [0.15, 0.2) is 0 Å². The molecule has 3 N–H and O–H groups in total. The van der Waals surface area contributed by atoms with Crippen molar-refractivity contribution in [3.8, 4) is 0 Å². The number of hydrogen-bond acceptors (Lipinski definition) is 3. The first-order valence-corrected chi connectivity index (χ1v) is 7.38. The SMILES string of the molecule is CC(C)[C@H](NC(=O)N(CCO)C1CCCCC1)C(=O)O. The highest BCUT2D eigenvalue weighted by Gasteiger charge is 2.29. The van der Waals surface area contributed by atoms with Crippen molar-refractivity contribution in [3.63, 3.8) is 0 Å². The predicted molar refractivity (Wildman–Crippen MR) is 75.5 cm³/mol. The van der Waals surface area contributed by atoms with E-state index < -0.39 is 12.0 Å². The number of nitrogens with one attached hydrogen (secondary N) is 1. The van der Waals surface area contributed by atoms with Crippen LogP contribution in [-0.2, 0) is 4.79 Å². The molecule has 0 saturated heterocycles. The molecule has 6 nitrogen and oxygen atoms in total. The Morgan fingerprint density at radius 2 is 1.85 bits per heavy atom. The Bertz CT molecular complexity index is 327. The fourth-order valence-electron chi connectivity index (χ4n) is 2.68. The summed E-state index contributed by atoms with van der Waals surface area (Å²) in [7, 11) is 0. The van der Waals surface area contributed by atoms with Crippen LogP contribution in [0.2, 0.25) is 0 Å². The monoisotopic (exact) mass is 286 g/mol. The maximum atomic E-state index is 12.3. The molecule has 0 unspecified atom stereocenters. The van der Waals surface area contributed by atoms with Gasteiger partial charge in [0.05, 0.1) is 6.61 Å². The van der Waals surface area contributed by atoms with Crippen LogP contribution in [0.5, 0.6) is 0 Å². The van der Waals surface area contributed by atoms with Gasteiger partial charge >= 0.3 is 12.0 Å². The van der Waals surface area contributed by atoms with Gasteiger partial charge in [-0.1, -0.05) is 33.1 Å². The van der Waals surface area contributed by atoms with Crippen molar-refractivity contribution >= 4 is 12.0 Å². The number of amides is 2. The van der Waals surface area contributed by atoms with Gasteiger partial charge in [-0.3, -0.25) is 0 Å². The molecule has 6 heteroatoms. The fraction of sp³-hybridized carbons (Fsp3) is 0.857. The summed E-state index contributed by atoms with van der Waals surface area (Å²) in [6.07, 6.45) is 5.17. The molecule has 2 amide bonds. The molecule has 0 spiro atoms. The standard InChI is InChI=1S/C14H26N2O4/c1-10(2)12(13(18)19)15-14(20)16(8-9-17)11-6-4-3-5-7-11/h10-12,17H,3-9H2,1-2H3,(H,15,20)(H,18,19)/t12-/m0/s1. The van der Waals surface area contributed by atoms with Gasteiger partial charge in [-0.25, -0.2) is 9.59 Å². The van der Waals surface area contributed by atoms with Gasteiger partial charge in [0.15, 0.2) is 0 Å². The normalized spacial score (nSPS) is 17.8. The first-order chi connectivity index (χ1) is 9.47. The van der Waals surface area contributed by atoms with Crippen molar-refractivity contribution < 1.29 is 19.8 Å². The minimum Gasteiger partial charge on any atom is -0.480 e. The molecular weight excluding hydrogens is 260 g/mol. The average Bonchev–Trinajstić information content (AvgIpc) is 2.42. The molecule has 1 saturated carbocycles. The molecule has 0 aliphatic heterocycles. The molecule has 1 aliphatic rings. The number of aliphatic carboxylic acids is 1. The second-order valence-electron chi connectivity index (χ2n) is 5.72. The fourth-order valence-corrected chi connectivity index (χ4v) is 2.68. The number of carboxylic acid groups (broad SMARTS) is 1. The number of hydrogen-bond donors (Lipinski definition) is 3. The Morgan fingerprint density at radius 1 is 1.25 bits per heavy atom. The van der Waals surface area contributed by atoms with Gasteiger partial charge in [0.25, 0.3) is 0 Å². The molecule has 1 fully saturated rings. The zero-order valence-corrected chi connectivity index (χ0v) is 12.3. The third-order valence-corrected chi connectivity index (χ3v) is 3.83. The van der Waals surface area contributed by atoms with Crippen molar-refractivity contribution in [3.05, 3.63) is 0 Å². The van der Waals surface area contributed by atoms with Gasteiger partial charge in [-0.05, 0) is 18.8 Å². The number of carbonyl (C=O) groups is 2. The second kappa shape index (κ2) is 8.09. The zero-order chi connectivity index (χ0) is 15.1. The van der Waals surface area contributed by atoms with Crippen molar-refractivity contribution in [2.45, 2.75) is 58.0 Å². The minimum absolute atomic E-state index is 0.108. The summed E-state index contributed by atoms with van der Waals surface area (Å²) < 4.78 is 0. The van der Waals surface area contributed by atoms with E-state index in [4.69, 9.17) is 10.2 Å². The van der Waals surface area contributed by atoms with Crippen molar-refractivity contribution in [1.29, 1.82) is 0 Å². The highest BCUT2D eigenvalue weighted by atomic mass is 16.4. The summed E-state index contributed by atoms with van der Waals surface area (Å²) in [5.74, 6) is -1.21. The van der Waals surface area contributed by atoms with Crippen LogP contribution in [0.4, 0.5) is 4.79 Å². The van der Waals surface area contributed by atoms with Crippen LogP contribution in [-0.4, -0.2) is 52.3 Å². The summed E-state index contributed by atoms with van der Waals surface area (Å²) >= 11 is 0. The summed E-state index contributed by atoms with van der Waals surface area (Å²) in [5, 5.41) is 20.8. The zero-order valence-electron chi connectivity index (χ0n) is 12.3. The molecule has 0 bridgehead atoms. The van der Waals surface area contributed by atoms with Crippen molar-refractivity contribution in [2.24, 2.45) is 5.92 Å². The lowest BCUT2D eigenvalue weighted by Crippen LogP contribution is -2.54. The van der Waals surface area contributed by atoms with Crippen molar-refractivity contribution in [1.82, 2.24) is 10.2 Å². The summed E-state index contributed by atoms with van der Waals surface area (Å²) in [5.41, 5.74) is 0. The Morgan fingerprint density at radius 3 is 2.30 bits per heavy atom. The number of aliphatic hydroxyl groups is 1. The first kappa shape index (κ1) is 16.8. The molecule has 0 aromatic heterocycles. The smallest absolute Gasteiger partial charge is 0.326 e. The molecule has 1 rings (SSSR count). The Balaban J connectivity index is 2.69. The molecule has 20 heavy (non-hydrogen) atoms. The maximum absolute atomic E-state index is 12.3. The van der Waals surface area contributed by atoms with Crippen LogP contribution >= 0.6 is 0 Å².